The summed E-state index contributed by atoms with van der Waals surface area (Å²) in [6.45, 7) is 0.372. The molecule has 1 fully saturated rings. The van der Waals surface area contributed by atoms with Crippen LogP contribution in [-0.4, -0.2) is 22.7 Å². The number of halogens is 2. The number of aliphatic hydroxyl groups is 1. The zero-order chi connectivity index (χ0) is 15.7. The smallest absolute Gasteiger partial charge is 0.159 e. The molecule has 0 spiro atoms. The van der Waals surface area contributed by atoms with Crippen LogP contribution in [0.2, 0.25) is 0 Å². The van der Waals surface area contributed by atoms with Crippen LogP contribution in [0.1, 0.15) is 23.7 Å². The zero-order valence-corrected chi connectivity index (χ0v) is 11.6. The quantitative estimate of drug-likeness (QED) is 0.926. The van der Waals surface area contributed by atoms with E-state index < -0.39 is 17.7 Å². The lowest BCUT2D eigenvalue weighted by Crippen LogP contribution is -2.24. The van der Waals surface area contributed by atoms with E-state index in [2.05, 4.69) is 4.98 Å². The molecule has 4 nitrogen and oxygen atoms in total. The van der Waals surface area contributed by atoms with E-state index in [1.807, 2.05) is 11.0 Å². The summed E-state index contributed by atoms with van der Waals surface area (Å²) in [6, 6.07) is 8.76. The summed E-state index contributed by atoms with van der Waals surface area (Å²) in [6.07, 6.45) is 1.41. The monoisotopic (exact) mass is 301 g/mol. The van der Waals surface area contributed by atoms with Crippen LogP contribution in [0.5, 0.6) is 0 Å². The van der Waals surface area contributed by atoms with Crippen molar-refractivity contribution in [3.63, 3.8) is 0 Å². The molecule has 0 unspecified atom stereocenters. The number of rotatable bonds is 2. The predicted molar refractivity (Wildman–Crippen MR) is 76.0 cm³/mol. The Balaban J connectivity index is 1.94. The van der Waals surface area contributed by atoms with Crippen molar-refractivity contribution in [1.29, 1.82) is 5.26 Å². The number of aliphatic hydroxyl groups excluding tert-OH is 1. The Labute approximate surface area is 126 Å². The van der Waals surface area contributed by atoms with Crippen molar-refractivity contribution >= 4 is 5.69 Å². The molecule has 0 saturated carbocycles. The fraction of sp³-hybridized carbons (Fsp3) is 0.250. The summed E-state index contributed by atoms with van der Waals surface area (Å²) in [4.78, 5) is 5.89. The number of hydrogen-bond acceptors (Lipinski definition) is 4. The lowest BCUT2D eigenvalue weighted by Gasteiger charge is -2.26. The lowest BCUT2D eigenvalue weighted by atomic mass is 10.0. The van der Waals surface area contributed by atoms with Crippen molar-refractivity contribution in [1.82, 2.24) is 4.98 Å². The summed E-state index contributed by atoms with van der Waals surface area (Å²) in [7, 11) is 0. The molecule has 2 heterocycles. The van der Waals surface area contributed by atoms with E-state index >= 15 is 0 Å². The standard InChI is InChI=1S/C16H13F2N3O/c17-14-4-1-10(5-15(14)18)16-6-13(22)9-21(16)12-3-2-11(7-19)20-8-12/h1-5,8,13,16,22H,6,9H2/t13-,16+/m0/s1. The lowest BCUT2D eigenvalue weighted by molar-refractivity contribution is 0.194. The average molecular weight is 301 g/mol. The molecule has 0 bridgehead atoms. The van der Waals surface area contributed by atoms with Crippen molar-refractivity contribution in [3.8, 4) is 6.07 Å². The van der Waals surface area contributed by atoms with Crippen LogP contribution in [-0.2, 0) is 0 Å². The van der Waals surface area contributed by atoms with Gasteiger partial charge in [0.15, 0.2) is 11.6 Å². The Morgan fingerprint density at radius 3 is 2.68 bits per heavy atom. The minimum absolute atomic E-state index is 0.264. The minimum Gasteiger partial charge on any atom is -0.391 e. The maximum absolute atomic E-state index is 13.5. The van der Waals surface area contributed by atoms with Crippen molar-refractivity contribution in [2.75, 3.05) is 11.4 Å². The Morgan fingerprint density at radius 2 is 2.05 bits per heavy atom. The molecule has 1 aliphatic rings. The molecular weight excluding hydrogens is 288 g/mol. The third-order valence-corrected chi connectivity index (χ3v) is 3.80. The minimum atomic E-state index is -0.906. The van der Waals surface area contributed by atoms with Gasteiger partial charge in [-0.15, -0.1) is 0 Å². The summed E-state index contributed by atoms with van der Waals surface area (Å²) >= 11 is 0. The SMILES string of the molecule is N#Cc1ccc(N2C[C@@H](O)C[C@@H]2c2ccc(F)c(F)c2)cn1. The molecule has 3 rings (SSSR count). The summed E-state index contributed by atoms with van der Waals surface area (Å²) < 4.78 is 26.5. The molecule has 1 saturated heterocycles. The second-order valence-corrected chi connectivity index (χ2v) is 5.24. The highest BCUT2D eigenvalue weighted by atomic mass is 19.2. The summed E-state index contributed by atoms with van der Waals surface area (Å²) in [5, 5.41) is 18.7. The van der Waals surface area contributed by atoms with Crippen LogP contribution in [0.25, 0.3) is 0 Å². The molecular formula is C16H13F2N3O. The number of hydrogen-bond donors (Lipinski definition) is 1. The van der Waals surface area contributed by atoms with Crippen LogP contribution in [0.4, 0.5) is 14.5 Å². The number of aromatic nitrogens is 1. The summed E-state index contributed by atoms with van der Waals surface area (Å²) in [5.41, 5.74) is 1.62. The van der Waals surface area contributed by atoms with E-state index in [4.69, 9.17) is 5.26 Å². The third-order valence-electron chi connectivity index (χ3n) is 3.80. The van der Waals surface area contributed by atoms with Crippen LogP contribution in [0.3, 0.4) is 0 Å². The molecule has 1 aliphatic heterocycles. The molecule has 1 N–H and O–H groups in total. The van der Waals surface area contributed by atoms with Gasteiger partial charge in [-0.3, -0.25) is 0 Å². The second-order valence-electron chi connectivity index (χ2n) is 5.24. The maximum Gasteiger partial charge on any atom is 0.159 e. The van der Waals surface area contributed by atoms with E-state index in [1.165, 1.54) is 6.07 Å². The zero-order valence-electron chi connectivity index (χ0n) is 11.6. The van der Waals surface area contributed by atoms with Crippen LogP contribution < -0.4 is 4.90 Å². The van der Waals surface area contributed by atoms with E-state index in [0.717, 1.165) is 17.8 Å². The first-order chi connectivity index (χ1) is 10.6. The van der Waals surface area contributed by atoms with Gasteiger partial charge in [-0.05, 0) is 36.2 Å². The van der Waals surface area contributed by atoms with Crippen molar-refractivity contribution in [2.45, 2.75) is 18.6 Å². The largest absolute Gasteiger partial charge is 0.391 e. The Hall–Kier alpha value is -2.52. The average Bonchev–Trinajstić information content (AvgIpc) is 2.92. The summed E-state index contributed by atoms with van der Waals surface area (Å²) in [5.74, 6) is -1.80. The van der Waals surface area contributed by atoms with Gasteiger partial charge in [0.1, 0.15) is 11.8 Å². The second kappa shape index (κ2) is 5.70. The first-order valence-corrected chi connectivity index (χ1v) is 6.84. The molecule has 6 heteroatoms. The molecule has 0 amide bonds. The Morgan fingerprint density at radius 1 is 1.23 bits per heavy atom. The Kier molecular flexibility index (Phi) is 3.73. The van der Waals surface area contributed by atoms with Gasteiger partial charge in [-0.25, -0.2) is 13.8 Å². The number of nitriles is 1. The van der Waals surface area contributed by atoms with Gasteiger partial charge in [0.25, 0.3) is 0 Å². The van der Waals surface area contributed by atoms with Gasteiger partial charge in [-0.1, -0.05) is 6.07 Å². The topological polar surface area (TPSA) is 60.2 Å². The predicted octanol–water partition coefficient (Wildman–Crippen LogP) is 2.54. The normalized spacial score (nSPS) is 20.9. The Bertz CT molecular complexity index is 727. The molecule has 112 valence electrons. The van der Waals surface area contributed by atoms with Crippen LogP contribution >= 0.6 is 0 Å². The molecule has 0 radical (unpaired) electrons. The van der Waals surface area contributed by atoms with Crippen molar-refractivity contribution in [2.24, 2.45) is 0 Å². The first-order valence-electron chi connectivity index (χ1n) is 6.84. The molecule has 1 aromatic heterocycles. The highest BCUT2D eigenvalue weighted by Crippen LogP contribution is 2.36. The molecule has 2 atom stereocenters. The van der Waals surface area contributed by atoms with Crippen molar-refractivity contribution < 1.29 is 13.9 Å². The molecule has 0 aliphatic carbocycles. The van der Waals surface area contributed by atoms with E-state index in [9.17, 15) is 13.9 Å². The number of β-amino-alcohol motifs (C(OH)–C–C–N with tert-alkyl or cyclic N) is 1. The molecule has 2 aromatic rings. The fourth-order valence-electron chi connectivity index (χ4n) is 2.76. The van der Waals surface area contributed by atoms with Gasteiger partial charge in [0, 0.05) is 6.54 Å². The fourth-order valence-corrected chi connectivity index (χ4v) is 2.76. The van der Waals surface area contributed by atoms with E-state index in [0.29, 0.717) is 24.2 Å². The third kappa shape index (κ3) is 2.63. The van der Waals surface area contributed by atoms with E-state index in [1.54, 1.807) is 18.3 Å². The van der Waals surface area contributed by atoms with Gasteiger partial charge in [-0.2, -0.15) is 5.26 Å². The molecule has 22 heavy (non-hydrogen) atoms. The van der Waals surface area contributed by atoms with Gasteiger partial charge >= 0.3 is 0 Å². The molecule has 1 aromatic carbocycles. The number of anilines is 1. The highest BCUT2D eigenvalue weighted by molar-refractivity contribution is 5.50. The maximum atomic E-state index is 13.5. The van der Waals surface area contributed by atoms with Gasteiger partial charge in [0.2, 0.25) is 0 Å². The van der Waals surface area contributed by atoms with Crippen LogP contribution in [0.15, 0.2) is 36.5 Å². The number of benzene rings is 1. The highest BCUT2D eigenvalue weighted by Gasteiger charge is 2.32. The van der Waals surface area contributed by atoms with Crippen LogP contribution in [0, 0.1) is 23.0 Å². The van der Waals surface area contributed by atoms with Gasteiger partial charge < -0.3 is 10.0 Å². The number of pyridine rings is 1. The number of nitrogens with zero attached hydrogens (tertiary/aromatic N) is 3. The van der Waals surface area contributed by atoms with Crippen molar-refractivity contribution in [3.05, 3.63) is 59.4 Å². The van der Waals surface area contributed by atoms with Gasteiger partial charge in [0.05, 0.1) is 24.0 Å². The van der Waals surface area contributed by atoms with E-state index in [-0.39, 0.29) is 6.04 Å². The first kappa shape index (κ1) is 14.4.